The summed E-state index contributed by atoms with van der Waals surface area (Å²) >= 11 is 0. The molecule has 4 heteroatoms. The Kier molecular flexibility index (Phi) is 4.04. The van der Waals surface area contributed by atoms with Crippen LogP contribution >= 0.6 is 0 Å². The van der Waals surface area contributed by atoms with E-state index in [9.17, 15) is 4.79 Å². The summed E-state index contributed by atoms with van der Waals surface area (Å²) in [4.78, 5) is 16.2. The Bertz CT molecular complexity index is 232. The first-order chi connectivity index (χ1) is 7.81. The molecule has 0 bridgehead atoms. The molecule has 1 aliphatic carbocycles. The Labute approximate surface area is 98.0 Å². The van der Waals surface area contributed by atoms with Crippen molar-refractivity contribution in [3.63, 3.8) is 0 Å². The van der Waals surface area contributed by atoms with Crippen molar-refractivity contribution < 1.29 is 4.79 Å². The molecule has 0 radical (unpaired) electrons. The van der Waals surface area contributed by atoms with Gasteiger partial charge in [-0.3, -0.25) is 4.90 Å². The van der Waals surface area contributed by atoms with Gasteiger partial charge < -0.3 is 10.2 Å². The van der Waals surface area contributed by atoms with Crippen LogP contribution in [0.25, 0.3) is 0 Å². The van der Waals surface area contributed by atoms with Crippen molar-refractivity contribution in [3.05, 3.63) is 0 Å². The highest BCUT2D eigenvalue weighted by Crippen LogP contribution is 2.27. The van der Waals surface area contributed by atoms with Crippen molar-refractivity contribution in [2.75, 3.05) is 32.7 Å². The minimum Gasteiger partial charge on any atom is -0.338 e. The second-order valence-electron chi connectivity index (χ2n) is 4.84. The van der Waals surface area contributed by atoms with E-state index in [1.165, 1.54) is 12.8 Å². The number of carbonyl (C=O) groups is 1. The molecule has 1 saturated carbocycles. The maximum absolute atomic E-state index is 11.8. The molecule has 16 heavy (non-hydrogen) atoms. The quantitative estimate of drug-likeness (QED) is 0.732. The minimum absolute atomic E-state index is 0.129. The van der Waals surface area contributed by atoms with E-state index in [0.717, 1.165) is 51.6 Å². The summed E-state index contributed by atoms with van der Waals surface area (Å²) < 4.78 is 0. The monoisotopic (exact) mass is 225 g/mol. The molecule has 4 nitrogen and oxygen atoms in total. The summed E-state index contributed by atoms with van der Waals surface area (Å²) in [7, 11) is 0. The molecule has 0 aromatic carbocycles. The topological polar surface area (TPSA) is 35.6 Å². The lowest BCUT2D eigenvalue weighted by atomic mass is 10.3. The average Bonchev–Trinajstić information content (AvgIpc) is 3.13. The Hall–Kier alpha value is -0.770. The molecule has 0 aromatic rings. The molecular weight excluding hydrogens is 202 g/mol. The first-order valence-corrected chi connectivity index (χ1v) is 6.58. The lowest BCUT2D eigenvalue weighted by Gasteiger charge is -2.34. The van der Waals surface area contributed by atoms with Crippen molar-refractivity contribution in [1.29, 1.82) is 0 Å². The highest BCUT2D eigenvalue weighted by Gasteiger charge is 2.32. The van der Waals surface area contributed by atoms with E-state index in [1.807, 2.05) is 4.90 Å². The van der Waals surface area contributed by atoms with E-state index in [4.69, 9.17) is 0 Å². The molecule has 0 aromatic heterocycles. The van der Waals surface area contributed by atoms with Gasteiger partial charge in [0.2, 0.25) is 0 Å². The van der Waals surface area contributed by atoms with Crippen molar-refractivity contribution in [3.8, 4) is 0 Å². The van der Waals surface area contributed by atoms with Gasteiger partial charge in [0.1, 0.15) is 0 Å². The zero-order valence-electron chi connectivity index (χ0n) is 10.2. The molecule has 92 valence electrons. The smallest absolute Gasteiger partial charge is 0.317 e. The number of rotatable bonds is 4. The van der Waals surface area contributed by atoms with Crippen LogP contribution in [0.2, 0.25) is 0 Å². The number of piperazine rings is 1. The minimum atomic E-state index is 0.129. The van der Waals surface area contributed by atoms with Crippen LogP contribution in [0.4, 0.5) is 4.79 Å². The summed E-state index contributed by atoms with van der Waals surface area (Å²) in [5, 5.41) is 2.98. The molecule has 1 aliphatic heterocycles. The van der Waals surface area contributed by atoms with Crippen molar-refractivity contribution >= 4 is 6.03 Å². The third-order valence-electron chi connectivity index (χ3n) is 3.47. The molecule has 2 aliphatic rings. The number of hydrogen-bond acceptors (Lipinski definition) is 2. The number of urea groups is 1. The third kappa shape index (κ3) is 3.11. The molecule has 0 atom stereocenters. The van der Waals surface area contributed by atoms with Gasteiger partial charge >= 0.3 is 6.03 Å². The zero-order chi connectivity index (χ0) is 11.4. The summed E-state index contributed by atoms with van der Waals surface area (Å²) in [6.45, 7) is 6.87. The van der Waals surface area contributed by atoms with E-state index in [1.54, 1.807) is 0 Å². The van der Waals surface area contributed by atoms with Crippen LogP contribution in [0, 0.1) is 0 Å². The standard InChI is InChI=1S/C12H23N3O/c1-2-3-6-13-12(16)15-9-7-14(8-10-15)11-4-5-11/h11H,2-10H2,1H3,(H,13,16). The van der Waals surface area contributed by atoms with E-state index >= 15 is 0 Å². The predicted molar refractivity (Wildman–Crippen MR) is 64.5 cm³/mol. The summed E-state index contributed by atoms with van der Waals surface area (Å²) in [6.07, 6.45) is 4.94. The van der Waals surface area contributed by atoms with Gasteiger partial charge in [-0.25, -0.2) is 4.79 Å². The van der Waals surface area contributed by atoms with Crippen molar-refractivity contribution in [2.24, 2.45) is 0 Å². The fourth-order valence-electron chi connectivity index (χ4n) is 2.21. The van der Waals surface area contributed by atoms with Crippen LogP contribution < -0.4 is 5.32 Å². The van der Waals surface area contributed by atoms with Crippen molar-refractivity contribution in [2.45, 2.75) is 38.6 Å². The van der Waals surface area contributed by atoms with Gasteiger partial charge in [0.15, 0.2) is 0 Å². The SMILES string of the molecule is CCCCNC(=O)N1CCN(C2CC2)CC1. The lowest BCUT2D eigenvalue weighted by Crippen LogP contribution is -2.52. The Morgan fingerprint density at radius 1 is 1.25 bits per heavy atom. The molecule has 0 unspecified atom stereocenters. The van der Waals surface area contributed by atoms with Crippen LogP contribution in [0.1, 0.15) is 32.6 Å². The second-order valence-corrected chi connectivity index (χ2v) is 4.84. The van der Waals surface area contributed by atoms with Crippen LogP contribution in [-0.2, 0) is 0 Å². The maximum Gasteiger partial charge on any atom is 0.317 e. The second kappa shape index (κ2) is 5.53. The maximum atomic E-state index is 11.8. The van der Waals surface area contributed by atoms with E-state index in [2.05, 4.69) is 17.1 Å². The molecule has 2 fully saturated rings. The van der Waals surface area contributed by atoms with Crippen LogP contribution in [0.3, 0.4) is 0 Å². The van der Waals surface area contributed by atoms with Gasteiger partial charge in [-0.15, -0.1) is 0 Å². The summed E-state index contributed by atoms with van der Waals surface area (Å²) in [5.74, 6) is 0. The van der Waals surface area contributed by atoms with E-state index in [0.29, 0.717) is 0 Å². The van der Waals surface area contributed by atoms with E-state index < -0.39 is 0 Å². The largest absolute Gasteiger partial charge is 0.338 e. The molecule has 1 heterocycles. The number of nitrogens with one attached hydrogen (secondary N) is 1. The molecule has 0 spiro atoms. The van der Waals surface area contributed by atoms with Gasteiger partial charge in [0.25, 0.3) is 0 Å². The Morgan fingerprint density at radius 3 is 2.50 bits per heavy atom. The van der Waals surface area contributed by atoms with E-state index in [-0.39, 0.29) is 6.03 Å². The summed E-state index contributed by atoms with van der Waals surface area (Å²) in [6, 6.07) is 0.967. The number of hydrogen-bond donors (Lipinski definition) is 1. The van der Waals surface area contributed by atoms with Gasteiger partial charge in [-0.2, -0.15) is 0 Å². The highest BCUT2D eigenvalue weighted by molar-refractivity contribution is 5.74. The van der Waals surface area contributed by atoms with Crippen LogP contribution in [0.15, 0.2) is 0 Å². The fourth-order valence-corrected chi connectivity index (χ4v) is 2.21. The predicted octanol–water partition coefficient (Wildman–Crippen LogP) is 1.28. The van der Waals surface area contributed by atoms with Gasteiger partial charge in [0.05, 0.1) is 0 Å². The van der Waals surface area contributed by atoms with Gasteiger partial charge in [-0.1, -0.05) is 13.3 Å². The summed E-state index contributed by atoms with van der Waals surface area (Å²) in [5.41, 5.74) is 0. The zero-order valence-corrected chi connectivity index (χ0v) is 10.2. The number of nitrogens with zero attached hydrogens (tertiary/aromatic N) is 2. The Morgan fingerprint density at radius 2 is 1.94 bits per heavy atom. The average molecular weight is 225 g/mol. The van der Waals surface area contributed by atoms with Gasteiger partial charge in [0, 0.05) is 38.8 Å². The first-order valence-electron chi connectivity index (χ1n) is 6.58. The number of unbranched alkanes of at least 4 members (excludes halogenated alkanes) is 1. The third-order valence-corrected chi connectivity index (χ3v) is 3.47. The number of amides is 2. The molecule has 1 N–H and O–H groups in total. The molecular formula is C12H23N3O. The molecule has 1 saturated heterocycles. The highest BCUT2D eigenvalue weighted by atomic mass is 16.2. The molecule has 2 amide bonds. The van der Waals surface area contributed by atoms with Gasteiger partial charge in [-0.05, 0) is 19.3 Å². The fraction of sp³-hybridized carbons (Fsp3) is 0.917. The molecule has 2 rings (SSSR count). The lowest BCUT2D eigenvalue weighted by molar-refractivity contribution is 0.135. The van der Waals surface area contributed by atoms with Crippen LogP contribution in [-0.4, -0.2) is 54.6 Å². The van der Waals surface area contributed by atoms with Crippen LogP contribution in [0.5, 0.6) is 0 Å². The normalized spacial score (nSPS) is 22.2. The Balaban J connectivity index is 1.64. The number of carbonyl (C=O) groups excluding carboxylic acids is 1. The first kappa shape index (κ1) is 11.7. The van der Waals surface area contributed by atoms with Crippen molar-refractivity contribution in [1.82, 2.24) is 15.1 Å².